The van der Waals surface area contributed by atoms with Crippen LogP contribution < -0.4 is 11.4 Å². The molecule has 0 unspecified atom stereocenters. The highest BCUT2D eigenvalue weighted by Gasteiger charge is 1.97. The van der Waals surface area contributed by atoms with Gasteiger partial charge in [0.15, 0.2) is 0 Å². The average molecular weight is 165 g/mol. The number of hydrogen-bond acceptors (Lipinski definition) is 3. The summed E-state index contributed by atoms with van der Waals surface area (Å²) in [6.07, 6.45) is 3.44. The highest BCUT2D eigenvalue weighted by molar-refractivity contribution is 5.41. The number of nitrogen functional groups attached to an aromatic ring is 1. The van der Waals surface area contributed by atoms with E-state index in [9.17, 15) is 4.79 Å². The quantitative estimate of drug-likeness (QED) is 0.666. The van der Waals surface area contributed by atoms with Crippen molar-refractivity contribution in [2.45, 2.75) is 13.8 Å². The number of rotatable bonds is 1. The lowest BCUT2D eigenvalue weighted by Crippen LogP contribution is -2.21. The number of allylic oxidation sites excluding steroid dienone is 2. The Kier molecular flexibility index (Phi) is 2.28. The Labute approximate surface area is 70.4 Å². The molecule has 0 aliphatic heterocycles. The molecule has 4 heteroatoms. The van der Waals surface area contributed by atoms with Gasteiger partial charge in [-0.3, -0.25) is 4.57 Å². The Bertz CT molecular complexity index is 365. The zero-order valence-electron chi connectivity index (χ0n) is 7.11. The van der Waals surface area contributed by atoms with Gasteiger partial charge in [-0.2, -0.15) is 4.98 Å². The van der Waals surface area contributed by atoms with Crippen LogP contribution in [0.2, 0.25) is 0 Å². The van der Waals surface area contributed by atoms with Gasteiger partial charge < -0.3 is 5.73 Å². The predicted molar refractivity (Wildman–Crippen MR) is 48.5 cm³/mol. The first-order valence-corrected chi connectivity index (χ1v) is 3.63. The first kappa shape index (κ1) is 8.52. The van der Waals surface area contributed by atoms with Crippen molar-refractivity contribution < 1.29 is 0 Å². The summed E-state index contributed by atoms with van der Waals surface area (Å²) in [6, 6.07) is 1.59. The van der Waals surface area contributed by atoms with Crippen LogP contribution in [-0.2, 0) is 0 Å². The van der Waals surface area contributed by atoms with Gasteiger partial charge >= 0.3 is 5.69 Å². The van der Waals surface area contributed by atoms with Crippen molar-refractivity contribution in [1.29, 1.82) is 0 Å². The van der Waals surface area contributed by atoms with Crippen LogP contribution in [0.3, 0.4) is 0 Å². The summed E-state index contributed by atoms with van der Waals surface area (Å²) in [4.78, 5) is 14.8. The third-order valence-electron chi connectivity index (χ3n) is 1.62. The van der Waals surface area contributed by atoms with E-state index in [1.807, 2.05) is 19.9 Å². The molecule has 0 saturated carbocycles. The van der Waals surface area contributed by atoms with Gasteiger partial charge in [-0.15, -0.1) is 0 Å². The largest absolute Gasteiger partial charge is 0.383 e. The molecule has 0 fully saturated rings. The van der Waals surface area contributed by atoms with Gasteiger partial charge in [0.1, 0.15) is 5.82 Å². The van der Waals surface area contributed by atoms with Crippen molar-refractivity contribution in [2.75, 3.05) is 5.73 Å². The molecule has 0 saturated heterocycles. The average Bonchev–Trinajstić information content (AvgIpc) is 2.03. The molecule has 4 nitrogen and oxygen atoms in total. The molecule has 1 heterocycles. The standard InChI is InChI=1S/C8H11N3O/c1-3-6(2)11-5-4-7(9)10-8(11)12/h3-5H,1-2H3,(H2,9,10,12)/b6-3-. The normalized spacial score (nSPS) is 11.7. The Balaban J connectivity index is 3.28. The van der Waals surface area contributed by atoms with Crippen LogP contribution in [0.25, 0.3) is 5.70 Å². The second kappa shape index (κ2) is 3.21. The van der Waals surface area contributed by atoms with E-state index in [-0.39, 0.29) is 11.5 Å². The Morgan fingerprint density at radius 1 is 1.75 bits per heavy atom. The topological polar surface area (TPSA) is 60.9 Å². The summed E-state index contributed by atoms with van der Waals surface area (Å²) in [6.45, 7) is 3.69. The lowest BCUT2D eigenvalue weighted by Gasteiger charge is -2.02. The van der Waals surface area contributed by atoms with Crippen LogP contribution in [0.15, 0.2) is 23.1 Å². The van der Waals surface area contributed by atoms with Crippen molar-refractivity contribution in [3.63, 3.8) is 0 Å². The fourth-order valence-corrected chi connectivity index (χ4v) is 0.824. The van der Waals surface area contributed by atoms with Crippen molar-refractivity contribution in [1.82, 2.24) is 9.55 Å². The molecule has 12 heavy (non-hydrogen) atoms. The van der Waals surface area contributed by atoms with Crippen molar-refractivity contribution in [3.05, 3.63) is 28.8 Å². The van der Waals surface area contributed by atoms with E-state index in [2.05, 4.69) is 4.98 Å². The van der Waals surface area contributed by atoms with E-state index in [1.165, 1.54) is 4.57 Å². The summed E-state index contributed by atoms with van der Waals surface area (Å²) in [5, 5.41) is 0. The van der Waals surface area contributed by atoms with Crippen LogP contribution in [-0.4, -0.2) is 9.55 Å². The second-order valence-electron chi connectivity index (χ2n) is 2.44. The summed E-state index contributed by atoms with van der Waals surface area (Å²) in [7, 11) is 0. The summed E-state index contributed by atoms with van der Waals surface area (Å²) in [5.41, 5.74) is 5.82. The predicted octanol–water partition coefficient (Wildman–Crippen LogP) is 0.706. The lowest BCUT2D eigenvalue weighted by molar-refractivity contribution is 0.931. The number of aromatic nitrogens is 2. The van der Waals surface area contributed by atoms with E-state index in [0.29, 0.717) is 0 Å². The molecule has 0 bridgehead atoms. The molecular formula is C8H11N3O. The zero-order valence-corrected chi connectivity index (χ0v) is 7.11. The third kappa shape index (κ3) is 1.53. The minimum atomic E-state index is -0.342. The van der Waals surface area contributed by atoms with Crippen LogP contribution in [0.5, 0.6) is 0 Å². The number of hydrogen-bond donors (Lipinski definition) is 1. The molecule has 1 aromatic rings. The van der Waals surface area contributed by atoms with Gasteiger partial charge in [0, 0.05) is 11.9 Å². The van der Waals surface area contributed by atoms with E-state index in [0.717, 1.165) is 5.70 Å². The Morgan fingerprint density at radius 3 is 2.92 bits per heavy atom. The maximum absolute atomic E-state index is 11.2. The molecule has 0 aliphatic rings. The molecular weight excluding hydrogens is 154 g/mol. The molecule has 0 aliphatic carbocycles. The molecule has 64 valence electrons. The van der Waals surface area contributed by atoms with Gasteiger partial charge in [-0.25, -0.2) is 4.79 Å². The molecule has 2 N–H and O–H groups in total. The SMILES string of the molecule is C/C=C(/C)n1ccc(N)nc1=O. The van der Waals surface area contributed by atoms with Crippen molar-refractivity contribution in [3.8, 4) is 0 Å². The number of nitrogens with two attached hydrogens (primary N) is 1. The Hall–Kier alpha value is -1.58. The second-order valence-corrected chi connectivity index (χ2v) is 2.44. The van der Waals surface area contributed by atoms with E-state index in [1.54, 1.807) is 12.3 Å². The van der Waals surface area contributed by atoms with Crippen LogP contribution in [0.4, 0.5) is 5.82 Å². The van der Waals surface area contributed by atoms with Gasteiger partial charge in [0.25, 0.3) is 0 Å². The summed E-state index contributed by atoms with van der Waals surface area (Å²) < 4.78 is 1.44. The number of nitrogens with zero attached hydrogens (tertiary/aromatic N) is 2. The van der Waals surface area contributed by atoms with Crippen molar-refractivity contribution >= 4 is 11.5 Å². The lowest BCUT2D eigenvalue weighted by atomic mass is 10.4. The van der Waals surface area contributed by atoms with E-state index >= 15 is 0 Å². The maximum atomic E-state index is 11.2. The molecule has 1 rings (SSSR count). The third-order valence-corrected chi connectivity index (χ3v) is 1.62. The highest BCUT2D eigenvalue weighted by atomic mass is 16.1. The van der Waals surface area contributed by atoms with Crippen molar-refractivity contribution in [2.24, 2.45) is 0 Å². The van der Waals surface area contributed by atoms with Crippen LogP contribution in [0, 0.1) is 0 Å². The minimum Gasteiger partial charge on any atom is -0.383 e. The molecule has 0 atom stereocenters. The summed E-state index contributed by atoms with van der Waals surface area (Å²) in [5.74, 6) is 0.250. The molecule has 0 radical (unpaired) electrons. The van der Waals surface area contributed by atoms with Crippen LogP contribution in [0.1, 0.15) is 13.8 Å². The zero-order chi connectivity index (χ0) is 9.14. The molecule has 0 spiro atoms. The Morgan fingerprint density at radius 2 is 2.42 bits per heavy atom. The molecule has 1 aromatic heterocycles. The first-order valence-electron chi connectivity index (χ1n) is 3.63. The maximum Gasteiger partial charge on any atom is 0.353 e. The minimum absolute atomic E-state index is 0.250. The first-order chi connectivity index (χ1) is 5.65. The monoisotopic (exact) mass is 165 g/mol. The highest BCUT2D eigenvalue weighted by Crippen LogP contribution is 1.98. The smallest absolute Gasteiger partial charge is 0.353 e. The van der Waals surface area contributed by atoms with Crippen LogP contribution >= 0.6 is 0 Å². The van der Waals surface area contributed by atoms with E-state index in [4.69, 9.17) is 5.73 Å². The van der Waals surface area contributed by atoms with Gasteiger partial charge in [-0.05, 0) is 19.9 Å². The van der Waals surface area contributed by atoms with Gasteiger partial charge in [0.05, 0.1) is 0 Å². The fourth-order valence-electron chi connectivity index (χ4n) is 0.824. The van der Waals surface area contributed by atoms with Gasteiger partial charge in [-0.1, -0.05) is 6.08 Å². The van der Waals surface area contributed by atoms with E-state index < -0.39 is 0 Å². The molecule has 0 aromatic carbocycles. The number of anilines is 1. The summed E-state index contributed by atoms with van der Waals surface area (Å²) >= 11 is 0. The fraction of sp³-hybridized carbons (Fsp3) is 0.250. The molecule has 0 amide bonds. The van der Waals surface area contributed by atoms with Gasteiger partial charge in [0.2, 0.25) is 0 Å².